The summed E-state index contributed by atoms with van der Waals surface area (Å²) in [7, 11) is 0. The summed E-state index contributed by atoms with van der Waals surface area (Å²) in [6.07, 6.45) is -0.680. The summed E-state index contributed by atoms with van der Waals surface area (Å²) in [6.45, 7) is 3.70. The van der Waals surface area contributed by atoms with Gasteiger partial charge in [-0.05, 0) is 26.0 Å². The fourth-order valence-corrected chi connectivity index (χ4v) is 3.36. The summed E-state index contributed by atoms with van der Waals surface area (Å²) >= 11 is 1.39. The third-order valence-electron chi connectivity index (χ3n) is 4.10. The first-order valence-corrected chi connectivity index (χ1v) is 9.60. The molecule has 0 unspecified atom stereocenters. The van der Waals surface area contributed by atoms with E-state index in [0.29, 0.717) is 5.89 Å². The summed E-state index contributed by atoms with van der Waals surface area (Å²) in [5, 5.41) is 10.5. The highest BCUT2D eigenvalue weighted by Gasteiger charge is 2.21. The molecule has 0 radical (unpaired) electrons. The van der Waals surface area contributed by atoms with Gasteiger partial charge in [0.15, 0.2) is 11.8 Å². The Balaban J connectivity index is 1.45. The number of ether oxygens (including phenoxy) is 1. The fourth-order valence-electron chi connectivity index (χ4n) is 2.56. The molecule has 4 aromatic rings. The Bertz CT molecular complexity index is 1090. The maximum atomic E-state index is 12.4. The molecule has 7 heteroatoms. The van der Waals surface area contributed by atoms with Gasteiger partial charge in [0.1, 0.15) is 5.01 Å². The molecule has 140 valence electrons. The van der Waals surface area contributed by atoms with E-state index in [1.807, 2.05) is 61.5 Å². The van der Waals surface area contributed by atoms with Crippen LogP contribution in [0.4, 0.5) is 0 Å². The lowest BCUT2D eigenvalue weighted by molar-refractivity contribution is 0.0274. The summed E-state index contributed by atoms with van der Waals surface area (Å²) < 4.78 is 11.1. The zero-order valence-electron chi connectivity index (χ0n) is 15.3. The SMILES string of the molecule is Cc1ccc(-c2nnc([C@H](C)OC(=O)c3csc(-c4ccccc4)n3)o2)cc1. The lowest BCUT2D eigenvalue weighted by atomic mass is 10.1. The molecule has 2 heterocycles. The van der Waals surface area contributed by atoms with Crippen LogP contribution in [0.3, 0.4) is 0 Å². The summed E-state index contributed by atoms with van der Waals surface area (Å²) in [5.74, 6) is 0.0985. The maximum Gasteiger partial charge on any atom is 0.358 e. The summed E-state index contributed by atoms with van der Waals surface area (Å²) in [5.41, 5.74) is 3.17. The topological polar surface area (TPSA) is 78.1 Å². The maximum absolute atomic E-state index is 12.4. The number of aromatic nitrogens is 3. The van der Waals surface area contributed by atoms with Crippen molar-refractivity contribution in [3.8, 4) is 22.0 Å². The van der Waals surface area contributed by atoms with Crippen LogP contribution >= 0.6 is 11.3 Å². The molecular formula is C21H17N3O3S. The van der Waals surface area contributed by atoms with Gasteiger partial charge in [-0.1, -0.05) is 48.0 Å². The fraction of sp³-hybridized carbons (Fsp3) is 0.143. The highest BCUT2D eigenvalue weighted by Crippen LogP contribution is 2.26. The van der Waals surface area contributed by atoms with Crippen molar-refractivity contribution in [2.45, 2.75) is 20.0 Å². The van der Waals surface area contributed by atoms with Gasteiger partial charge in [-0.25, -0.2) is 9.78 Å². The van der Waals surface area contributed by atoms with Crippen LogP contribution in [-0.4, -0.2) is 21.2 Å². The highest BCUT2D eigenvalue weighted by molar-refractivity contribution is 7.13. The first-order chi connectivity index (χ1) is 13.6. The second kappa shape index (κ2) is 7.74. The zero-order valence-corrected chi connectivity index (χ0v) is 16.1. The minimum Gasteiger partial charge on any atom is -0.448 e. The van der Waals surface area contributed by atoms with Crippen molar-refractivity contribution in [3.63, 3.8) is 0 Å². The van der Waals surface area contributed by atoms with Crippen molar-refractivity contribution < 1.29 is 13.9 Å². The van der Waals surface area contributed by atoms with Crippen LogP contribution in [0.1, 0.15) is 35.0 Å². The Hall–Kier alpha value is -3.32. The normalized spacial score (nSPS) is 11.9. The van der Waals surface area contributed by atoms with E-state index >= 15 is 0 Å². The number of esters is 1. The van der Waals surface area contributed by atoms with Crippen molar-refractivity contribution in [1.82, 2.24) is 15.2 Å². The van der Waals surface area contributed by atoms with Gasteiger partial charge in [0.25, 0.3) is 5.89 Å². The number of thiazole rings is 1. The average Bonchev–Trinajstić information content (AvgIpc) is 3.39. The van der Waals surface area contributed by atoms with Crippen molar-refractivity contribution in [2.24, 2.45) is 0 Å². The van der Waals surface area contributed by atoms with E-state index in [1.165, 1.54) is 11.3 Å². The molecule has 0 amide bonds. The lowest BCUT2D eigenvalue weighted by Gasteiger charge is -2.07. The number of nitrogens with zero attached hydrogens (tertiary/aromatic N) is 3. The van der Waals surface area contributed by atoms with Crippen LogP contribution in [0.5, 0.6) is 0 Å². The van der Waals surface area contributed by atoms with Crippen LogP contribution in [0, 0.1) is 6.92 Å². The van der Waals surface area contributed by atoms with Crippen LogP contribution in [0.15, 0.2) is 64.4 Å². The standard InChI is InChI=1S/C21H17N3O3S/c1-13-8-10-15(11-9-13)19-24-23-18(27-19)14(2)26-21(25)17-12-28-20(22-17)16-6-4-3-5-7-16/h3-12,14H,1-2H3/t14-/m0/s1. The Morgan fingerprint density at radius 1 is 1.04 bits per heavy atom. The summed E-state index contributed by atoms with van der Waals surface area (Å²) in [4.78, 5) is 16.8. The minimum atomic E-state index is -0.680. The third-order valence-corrected chi connectivity index (χ3v) is 5.00. The van der Waals surface area contributed by atoms with E-state index in [-0.39, 0.29) is 11.6 Å². The van der Waals surface area contributed by atoms with Crippen molar-refractivity contribution in [1.29, 1.82) is 0 Å². The van der Waals surface area contributed by atoms with Crippen LogP contribution in [0.25, 0.3) is 22.0 Å². The molecule has 0 fully saturated rings. The molecular weight excluding hydrogens is 374 g/mol. The van der Waals surface area contributed by atoms with E-state index in [4.69, 9.17) is 9.15 Å². The first kappa shape index (κ1) is 18.1. The molecule has 0 spiro atoms. The van der Waals surface area contributed by atoms with Crippen molar-refractivity contribution in [3.05, 3.63) is 77.1 Å². The van der Waals surface area contributed by atoms with E-state index in [1.54, 1.807) is 12.3 Å². The molecule has 4 rings (SSSR count). The largest absolute Gasteiger partial charge is 0.448 e. The molecule has 0 aliphatic carbocycles. The number of hydrogen-bond donors (Lipinski definition) is 0. The monoisotopic (exact) mass is 391 g/mol. The van der Waals surface area contributed by atoms with E-state index in [2.05, 4.69) is 15.2 Å². The molecule has 2 aromatic carbocycles. The van der Waals surface area contributed by atoms with Gasteiger partial charge >= 0.3 is 5.97 Å². The number of carbonyl (C=O) groups is 1. The Morgan fingerprint density at radius 2 is 1.79 bits per heavy atom. The highest BCUT2D eigenvalue weighted by atomic mass is 32.1. The molecule has 0 bridgehead atoms. The van der Waals surface area contributed by atoms with E-state index < -0.39 is 12.1 Å². The number of hydrogen-bond acceptors (Lipinski definition) is 7. The predicted octanol–water partition coefficient (Wildman–Crippen LogP) is 5.09. The molecule has 0 N–H and O–H groups in total. The van der Waals surface area contributed by atoms with Crippen LogP contribution < -0.4 is 0 Å². The van der Waals surface area contributed by atoms with Gasteiger partial charge in [-0.15, -0.1) is 21.5 Å². The van der Waals surface area contributed by atoms with E-state index in [9.17, 15) is 4.79 Å². The summed E-state index contributed by atoms with van der Waals surface area (Å²) in [6, 6.07) is 17.4. The average molecular weight is 391 g/mol. The molecule has 0 saturated heterocycles. The Morgan fingerprint density at radius 3 is 2.54 bits per heavy atom. The molecule has 0 aliphatic rings. The first-order valence-electron chi connectivity index (χ1n) is 8.72. The van der Waals surface area contributed by atoms with Gasteiger partial charge < -0.3 is 9.15 Å². The Kier molecular flexibility index (Phi) is 4.99. The van der Waals surface area contributed by atoms with Gasteiger partial charge in [-0.2, -0.15) is 0 Å². The van der Waals surface area contributed by atoms with Gasteiger partial charge in [0, 0.05) is 16.5 Å². The zero-order chi connectivity index (χ0) is 19.5. The van der Waals surface area contributed by atoms with Crippen molar-refractivity contribution >= 4 is 17.3 Å². The number of benzene rings is 2. The van der Waals surface area contributed by atoms with Gasteiger partial charge in [-0.3, -0.25) is 0 Å². The third kappa shape index (κ3) is 3.84. The Labute approximate surface area is 165 Å². The molecule has 6 nitrogen and oxygen atoms in total. The number of aryl methyl sites for hydroxylation is 1. The quantitative estimate of drug-likeness (QED) is 0.441. The number of rotatable bonds is 5. The molecule has 0 aliphatic heterocycles. The molecule has 1 atom stereocenters. The second-order valence-corrected chi connectivity index (χ2v) is 7.12. The minimum absolute atomic E-state index is 0.238. The molecule has 2 aromatic heterocycles. The molecule has 0 saturated carbocycles. The predicted molar refractivity (Wildman–Crippen MR) is 106 cm³/mol. The number of carbonyl (C=O) groups excluding carboxylic acids is 1. The smallest absolute Gasteiger partial charge is 0.358 e. The second-order valence-electron chi connectivity index (χ2n) is 6.26. The molecule has 28 heavy (non-hydrogen) atoms. The van der Waals surface area contributed by atoms with E-state index in [0.717, 1.165) is 21.7 Å². The van der Waals surface area contributed by atoms with Crippen molar-refractivity contribution in [2.75, 3.05) is 0 Å². The van der Waals surface area contributed by atoms with Gasteiger partial charge in [0.05, 0.1) is 0 Å². The van der Waals surface area contributed by atoms with Crippen LogP contribution in [-0.2, 0) is 4.74 Å². The lowest BCUT2D eigenvalue weighted by Crippen LogP contribution is -2.10. The van der Waals surface area contributed by atoms with Crippen LogP contribution in [0.2, 0.25) is 0 Å². The van der Waals surface area contributed by atoms with Gasteiger partial charge in [0.2, 0.25) is 5.89 Å².